The third kappa shape index (κ3) is 6.56. The van der Waals surface area contributed by atoms with Gasteiger partial charge in [-0.3, -0.25) is 9.59 Å². The molecule has 2 aliphatic rings. The van der Waals surface area contributed by atoms with Crippen molar-refractivity contribution in [3.63, 3.8) is 0 Å². The van der Waals surface area contributed by atoms with Crippen LogP contribution in [-0.4, -0.2) is 36.4 Å². The summed E-state index contributed by atoms with van der Waals surface area (Å²) in [6.07, 6.45) is 10.5. The number of carbonyl (C=O) groups is 2. The summed E-state index contributed by atoms with van der Waals surface area (Å²) in [7, 11) is 0. The fourth-order valence-electron chi connectivity index (χ4n) is 5.22. The van der Waals surface area contributed by atoms with Gasteiger partial charge in [0.25, 0.3) is 0 Å². The van der Waals surface area contributed by atoms with Crippen LogP contribution in [0.15, 0.2) is 11.6 Å². The van der Waals surface area contributed by atoms with E-state index >= 15 is 0 Å². The highest BCUT2D eigenvalue weighted by Crippen LogP contribution is 2.56. The fraction of sp³-hybridized carbons (Fsp3) is 0.833. The van der Waals surface area contributed by atoms with Gasteiger partial charge >= 0.3 is 11.9 Å². The molecule has 2 aliphatic carbocycles. The van der Waals surface area contributed by atoms with E-state index in [4.69, 9.17) is 9.47 Å². The van der Waals surface area contributed by atoms with Crippen LogP contribution in [0.3, 0.4) is 0 Å². The predicted molar refractivity (Wildman–Crippen MR) is 113 cm³/mol. The van der Waals surface area contributed by atoms with E-state index in [1.165, 1.54) is 39.0 Å². The molecule has 0 heterocycles. The summed E-state index contributed by atoms with van der Waals surface area (Å²) >= 11 is 0. The number of aliphatic hydroxyl groups is 1. The van der Waals surface area contributed by atoms with Crippen molar-refractivity contribution in [2.24, 2.45) is 22.7 Å². The molecule has 5 heteroatoms. The van der Waals surface area contributed by atoms with E-state index in [2.05, 4.69) is 33.8 Å². The van der Waals surface area contributed by atoms with Crippen molar-refractivity contribution in [2.75, 3.05) is 13.2 Å². The average molecular weight is 409 g/mol. The van der Waals surface area contributed by atoms with Gasteiger partial charge in [0.2, 0.25) is 0 Å². The molecule has 0 radical (unpaired) electrons. The van der Waals surface area contributed by atoms with E-state index in [0.29, 0.717) is 17.8 Å². The summed E-state index contributed by atoms with van der Waals surface area (Å²) in [6.45, 7) is 10.2. The molecular formula is C24H40O5. The van der Waals surface area contributed by atoms with E-state index in [9.17, 15) is 14.7 Å². The summed E-state index contributed by atoms with van der Waals surface area (Å²) in [5.41, 5.74) is 2.31. The largest absolute Gasteiger partial charge is 0.462 e. The van der Waals surface area contributed by atoms with Gasteiger partial charge in [0.15, 0.2) is 6.10 Å². The maximum Gasteiger partial charge on any atom is 0.306 e. The Kier molecular flexibility index (Phi) is 8.33. The topological polar surface area (TPSA) is 72.8 Å². The number of fused-ring (bicyclic) bond motifs is 1. The molecule has 1 unspecified atom stereocenters. The third-order valence-electron chi connectivity index (χ3n) is 7.06. The minimum absolute atomic E-state index is 0.0942. The van der Waals surface area contributed by atoms with Gasteiger partial charge in [0, 0.05) is 13.3 Å². The summed E-state index contributed by atoms with van der Waals surface area (Å²) in [5.74, 6) is 0.144. The van der Waals surface area contributed by atoms with Crippen molar-refractivity contribution in [1.29, 1.82) is 0 Å². The van der Waals surface area contributed by atoms with Crippen LogP contribution in [0.4, 0.5) is 0 Å². The molecule has 0 aromatic carbocycles. The number of esters is 2. The maximum atomic E-state index is 12.1. The highest BCUT2D eigenvalue weighted by molar-refractivity contribution is 5.69. The Morgan fingerprint density at radius 2 is 2.00 bits per heavy atom. The summed E-state index contributed by atoms with van der Waals surface area (Å²) in [5, 5.41) is 9.18. The zero-order valence-electron chi connectivity index (χ0n) is 19.0. The molecule has 1 saturated carbocycles. The molecule has 0 aliphatic heterocycles. The Hall–Kier alpha value is -1.36. The second-order valence-electron chi connectivity index (χ2n) is 10.1. The van der Waals surface area contributed by atoms with Gasteiger partial charge < -0.3 is 14.6 Å². The van der Waals surface area contributed by atoms with Crippen molar-refractivity contribution in [3.8, 4) is 0 Å². The molecule has 1 N–H and O–H groups in total. The number of carbonyl (C=O) groups excluding carboxylic acids is 2. The number of hydrogen-bond acceptors (Lipinski definition) is 5. The van der Waals surface area contributed by atoms with E-state index in [1.807, 2.05) is 0 Å². The number of ether oxygens (including phenoxy) is 2. The third-order valence-corrected chi connectivity index (χ3v) is 7.06. The number of rotatable bonds is 9. The first-order chi connectivity index (χ1) is 13.6. The van der Waals surface area contributed by atoms with Crippen LogP contribution in [0.2, 0.25) is 0 Å². The molecular weight excluding hydrogens is 368 g/mol. The van der Waals surface area contributed by atoms with Crippen molar-refractivity contribution in [3.05, 3.63) is 11.6 Å². The van der Waals surface area contributed by atoms with Gasteiger partial charge in [-0.15, -0.1) is 0 Å². The first-order valence-electron chi connectivity index (χ1n) is 11.2. The molecule has 1 fully saturated rings. The van der Waals surface area contributed by atoms with Crippen molar-refractivity contribution in [2.45, 2.75) is 92.1 Å². The van der Waals surface area contributed by atoms with E-state index in [-0.39, 0.29) is 30.5 Å². The molecule has 0 saturated heterocycles. The highest BCUT2D eigenvalue weighted by Gasteiger charge is 2.44. The quantitative estimate of drug-likeness (QED) is 0.438. The molecule has 0 bridgehead atoms. The monoisotopic (exact) mass is 408 g/mol. The average Bonchev–Trinajstić information content (AvgIpc) is 2.64. The van der Waals surface area contributed by atoms with Crippen LogP contribution in [0, 0.1) is 22.7 Å². The minimum atomic E-state index is -0.786. The maximum absolute atomic E-state index is 12.1. The lowest BCUT2D eigenvalue weighted by molar-refractivity contribution is -0.160. The molecule has 0 aromatic heterocycles. The van der Waals surface area contributed by atoms with Crippen molar-refractivity contribution < 1.29 is 24.2 Å². The Morgan fingerprint density at radius 3 is 2.66 bits per heavy atom. The Bertz CT molecular complexity index is 608. The number of aliphatic hydroxyl groups excluding tert-OH is 1. The van der Waals surface area contributed by atoms with Crippen LogP contribution in [0.5, 0.6) is 0 Å². The molecule has 2 rings (SSSR count). The minimum Gasteiger partial charge on any atom is -0.462 e. The zero-order chi connectivity index (χ0) is 21.7. The lowest BCUT2D eigenvalue weighted by Gasteiger charge is -2.50. The normalized spacial score (nSPS) is 27.9. The molecule has 0 aromatic rings. The molecule has 4 atom stereocenters. The van der Waals surface area contributed by atoms with Gasteiger partial charge in [0.1, 0.15) is 6.61 Å². The standard InChI is InChI=1S/C24H40O5/c1-17(14-22(27)28-16-19(15-25)29-18(2)26)10-13-24(5)12-7-8-20-21(24)9-6-11-23(20,3)4/h9,17,19-20,25H,6-8,10-16H2,1-5H3/t17?,19-,20+,24-/m1/s1. The summed E-state index contributed by atoms with van der Waals surface area (Å²) < 4.78 is 10.1. The zero-order valence-corrected chi connectivity index (χ0v) is 19.0. The van der Waals surface area contributed by atoms with Gasteiger partial charge in [-0.25, -0.2) is 0 Å². The highest BCUT2D eigenvalue weighted by atomic mass is 16.6. The van der Waals surface area contributed by atoms with Crippen molar-refractivity contribution >= 4 is 11.9 Å². The number of allylic oxidation sites excluding steroid dienone is 2. The Morgan fingerprint density at radius 1 is 1.28 bits per heavy atom. The molecule has 166 valence electrons. The van der Waals surface area contributed by atoms with Crippen LogP contribution >= 0.6 is 0 Å². The van der Waals surface area contributed by atoms with Crippen molar-refractivity contribution in [1.82, 2.24) is 0 Å². The van der Waals surface area contributed by atoms with Gasteiger partial charge in [-0.05, 0) is 61.2 Å². The summed E-state index contributed by atoms with van der Waals surface area (Å²) in [4.78, 5) is 23.1. The molecule has 0 amide bonds. The molecule has 5 nitrogen and oxygen atoms in total. The van der Waals surface area contributed by atoms with Gasteiger partial charge in [-0.2, -0.15) is 0 Å². The second kappa shape index (κ2) is 10.1. The Labute approximate surface area is 176 Å². The predicted octanol–water partition coefficient (Wildman–Crippen LogP) is 4.81. The van der Waals surface area contributed by atoms with Gasteiger partial charge in [-0.1, -0.05) is 45.8 Å². The van der Waals surface area contributed by atoms with Gasteiger partial charge in [0.05, 0.1) is 6.61 Å². The fourth-order valence-corrected chi connectivity index (χ4v) is 5.22. The molecule has 29 heavy (non-hydrogen) atoms. The lowest BCUT2D eigenvalue weighted by Crippen LogP contribution is -2.39. The summed E-state index contributed by atoms with van der Waals surface area (Å²) in [6, 6.07) is 0. The van der Waals surface area contributed by atoms with Crippen LogP contribution in [0.25, 0.3) is 0 Å². The van der Waals surface area contributed by atoms with Crippen LogP contribution < -0.4 is 0 Å². The first-order valence-corrected chi connectivity index (χ1v) is 11.2. The Balaban J connectivity index is 1.83. The lowest BCUT2D eigenvalue weighted by atomic mass is 9.55. The second-order valence-corrected chi connectivity index (χ2v) is 10.1. The van der Waals surface area contributed by atoms with Crippen LogP contribution in [-0.2, 0) is 19.1 Å². The van der Waals surface area contributed by atoms with Crippen LogP contribution in [0.1, 0.15) is 86.0 Å². The van der Waals surface area contributed by atoms with E-state index in [0.717, 1.165) is 12.8 Å². The van der Waals surface area contributed by atoms with E-state index < -0.39 is 12.1 Å². The first kappa shape index (κ1) is 23.9. The van der Waals surface area contributed by atoms with E-state index in [1.54, 1.807) is 5.57 Å². The molecule has 0 spiro atoms. The number of hydrogen-bond donors (Lipinski definition) is 1. The SMILES string of the molecule is CC(=O)O[C@H](CO)COC(=O)CC(C)CC[C@@]1(C)CCC[C@H]2C1=CCCC2(C)C. The smallest absolute Gasteiger partial charge is 0.306 e.